The standard InChI is InChI=1S/C14H17N3O5.ClH/c15-8-6-22-10(12(19)11(8)18)5-17-9-4-2-1-3-7(9)13(20)16-14(17)21;/h1-4,8,10-12,18-19H,5-6,15H2,(H,16,20,21);1H/t8-,10-,11+,12-;/m1./s1. The summed E-state index contributed by atoms with van der Waals surface area (Å²) in [5, 5.41) is 20.2. The van der Waals surface area contributed by atoms with Crippen LogP contribution in [-0.4, -0.2) is 50.7 Å². The number of H-pyrrole nitrogens is 1. The second-order valence-electron chi connectivity index (χ2n) is 5.40. The molecule has 8 nitrogen and oxygen atoms in total. The molecule has 0 spiro atoms. The van der Waals surface area contributed by atoms with Gasteiger partial charge in [0.2, 0.25) is 0 Å². The molecule has 1 aromatic heterocycles. The lowest BCUT2D eigenvalue weighted by Gasteiger charge is -2.36. The molecule has 3 rings (SSSR count). The van der Waals surface area contributed by atoms with Gasteiger partial charge in [0.15, 0.2) is 0 Å². The number of aliphatic hydroxyl groups excluding tert-OH is 2. The molecule has 0 radical (unpaired) electrons. The highest BCUT2D eigenvalue weighted by atomic mass is 35.5. The van der Waals surface area contributed by atoms with E-state index in [0.717, 1.165) is 0 Å². The SMILES string of the molecule is Cl.N[C@@H]1CO[C@H](Cn2c(=O)[nH]c(=O)c3ccccc32)[C@@H](O)[C@H]1O. The van der Waals surface area contributed by atoms with E-state index >= 15 is 0 Å². The molecule has 5 N–H and O–H groups in total. The van der Waals surface area contributed by atoms with E-state index < -0.39 is 35.6 Å². The molecule has 0 bridgehead atoms. The number of nitrogens with one attached hydrogen (secondary N) is 1. The van der Waals surface area contributed by atoms with Crippen molar-refractivity contribution in [1.82, 2.24) is 9.55 Å². The molecule has 1 aromatic carbocycles. The number of hydrogen-bond acceptors (Lipinski definition) is 6. The summed E-state index contributed by atoms with van der Waals surface area (Å²) in [7, 11) is 0. The van der Waals surface area contributed by atoms with Crippen molar-refractivity contribution in [2.45, 2.75) is 30.9 Å². The number of aromatic amines is 1. The van der Waals surface area contributed by atoms with Crippen molar-refractivity contribution >= 4 is 23.3 Å². The monoisotopic (exact) mass is 343 g/mol. The number of nitrogens with zero attached hydrogens (tertiary/aromatic N) is 1. The fourth-order valence-electron chi connectivity index (χ4n) is 2.67. The molecule has 1 saturated heterocycles. The Morgan fingerprint density at radius 3 is 2.70 bits per heavy atom. The molecule has 126 valence electrons. The van der Waals surface area contributed by atoms with Gasteiger partial charge >= 0.3 is 5.69 Å². The average Bonchev–Trinajstić information content (AvgIpc) is 2.51. The fourth-order valence-corrected chi connectivity index (χ4v) is 2.67. The predicted octanol–water partition coefficient (Wildman–Crippen LogP) is -1.44. The Labute approximate surface area is 136 Å². The summed E-state index contributed by atoms with van der Waals surface area (Å²) < 4.78 is 6.74. The van der Waals surface area contributed by atoms with Crippen LogP contribution in [-0.2, 0) is 11.3 Å². The van der Waals surface area contributed by atoms with Crippen LogP contribution in [0, 0.1) is 0 Å². The summed E-state index contributed by atoms with van der Waals surface area (Å²) in [4.78, 5) is 26.1. The van der Waals surface area contributed by atoms with Crippen LogP contribution in [0.5, 0.6) is 0 Å². The first-order valence-corrected chi connectivity index (χ1v) is 6.94. The van der Waals surface area contributed by atoms with E-state index in [9.17, 15) is 19.8 Å². The average molecular weight is 344 g/mol. The zero-order valence-corrected chi connectivity index (χ0v) is 12.9. The van der Waals surface area contributed by atoms with Crippen molar-refractivity contribution in [1.29, 1.82) is 0 Å². The summed E-state index contributed by atoms with van der Waals surface area (Å²) in [6.45, 7) is 0.0833. The van der Waals surface area contributed by atoms with E-state index in [1.165, 1.54) is 4.57 Å². The summed E-state index contributed by atoms with van der Waals surface area (Å²) in [5.41, 5.74) is 4.99. The maximum atomic E-state index is 12.1. The van der Waals surface area contributed by atoms with Gasteiger partial charge in [0.1, 0.15) is 12.2 Å². The number of para-hydroxylation sites is 1. The Morgan fingerprint density at radius 1 is 1.26 bits per heavy atom. The number of ether oxygens (including phenoxy) is 1. The van der Waals surface area contributed by atoms with Crippen molar-refractivity contribution < 1.29 is 14.9 Å². The zero-order chi connectivity index (χ0) is 15.9. The maximum Gasteiger partial charge on any atom is 0.328 e. The van der Waals surface area contributed by atoms with Crippen LogP contribution in [0.4, 0.5) is 0 Å². The molecule has 2 aromatic rings. The summed E-state index contributed by atoms with van der Waals surface area (Å²) >= 11 is 0. The summed E-state index contributed by atoms with van der Waals surface area (Å²) in [6, 6.07) is 5.98. The normalized spacial score (nSPS) is 27.6. The molecule has 4 atom stereocenters. The topological polar surface area (TPSA) is 131 Å². The van der Waals surface area contributed by atoms with Gasteiger partial charge in [0.25, 0.3) is 5.56 Å². The van der Waals surface area contributed by atoms with E-state index in [1.807, 2.05) is 0 Å². The molecule has 9 heteroatoms. The highest BCUT2D eigenvalue weighted by Gasteiger charge is 2.37. The number of benzene rings is 1. The summed E-state index contributed by atoms with van der Waals surface area (Å²) in [5.74, 6) is 0. The van der Waals surface area contributed by atoms with E-state index in [4.69, 9.17) is 10.5 Å². The number of fused-ring (bicyclic) bond motifs is 1. The highest BCUT2D eigenvalue weighted by Crippen LogP contribution is 2.17. The smallest absolute Gasteiger partial charge is 0.328 e. The Kier molecular flexibility index (Phi) is 5.23. The zero-order valence-electron chi connectivity index (χ0n) is 12.1. The molecule has 0 saturated carbocycles. The van der Waals surface area contributed by atoms with Crippen LogP contribution >= 0.6 is 12.4 Å². The molecule has 1 aliphatic rings. The van der Waals surface area contributed by atoms with Crippen molar-refractivity contribution in [3.8, 4) is 0 Å². The van der Waals surface area contributed by atoms with Crippen molar-refractivity contribution in [2.75, 3.05) is 6.61 Å². The molecule has 0 aliphatic carbocycles. The van der Waals surface area contributed by atoms with Crippen LogP contribution < -0.4 is 17.0 Å². The minimum atomic E-state index is -1.21. The Hall–Kier alpha value is -1.71. The third kappa shape index (κ3) is 3.17. The Bertz CT molecular complexity index is 805. The minimum Gasteiger partial charge on any atom is -0.389 e. The highest BCUT2D eigenvalue weighted by molar-refractivity contribution is 5.85. The van der Waals surface area contributed by atoms with Gasteiger partial charge in [-0.2, -0.15) is 0 Å². The Balaban J connectivity index is 0.00000192. The first-order valence-electron chi connectivity index (χ1n) is 6.94. The van der Waals surface area contributed by atoms with Gasteiger partial charge in [-0.3, -0.25) is 14.3 Å². The lowest BCUT2D eigenvalue weighted by Crippen LogP contribution is -2.57. The van der Waals surface area contributed by atoms with E-state index in [0.29, 0.717) is 10.9 Å². The molecular formula is C14H18ClN3O5. The molecule has 0 unspecified atom stereocenters. The van der Waals surface area contributed by atoms with Crippen molar-refractivity contribution in [2.24, 2.45) is 5.73 Å². The van der Waals surface area contributed by atoms with E-state index in [1.54, 1.807) is 24.3 Å². The maximum absolute atomic E-state index is 12.1. The Morgan fingerprint density at radius 2 is 1.96 bits per heavy atom. The molecule has 0 amide bonds. The van der Waals surface area contributed by atoms with Crippen LogP contribution in [0.25, 0.3) is 10.9 Å². The summed E-state index contributed by atoms with van der Waals surface area (Å²) in [6.07, 6.45) is -3.12. The molecule has 1 fully saturated rings. The second-order valence-corrected chi connectivity index (χ2v) is 5.40. The van der Waals surface area contributed by atoms with Gasteiger partial charge in [-0.05, 0) is 12.1 Å². The molecular weight excluding hydrogens is 326 g/mol. The minimum absolute atomic E-state index is 0. The number of aliphatic hydroxyl groups is 2. The first-order chi connectivity index (χ1) is 10.5. The van der Waals surface area contributed by atoms with Gasteiger partial charge in [0, 0.05) is 0 Å². The van der Waals surface area contributed by atoms with Crippen LogP contribution in [0.15, 0.2) is 33.9 Å². The molecule has 23 heavy (non-hydrogen) atoms. The third-order valence-electron chi connectivity index (χ3n) is 3.94. The predicted molar refractivity (Wildman–Crippen MR) is 85.8 cm³/mol. The van der Waals surface area contributed by atoms with Crippen molar-refractivity contribution in [3.63, 3.8) is 0 Å². The first kappa shape index (κ1) is 17.6. The van der Waals surface area contributed by atoms with Crippen LogP contribution in [0.3, 0.4) is 0 Å². The third-order valence-corrected chi connectivity index (χ3v) is 3.94. The fraction of sp³-hybridized carbons (Fsp3) is 0.429. The number of nitrogens with two attached hydrogens (primary N) is 1. The lowest BCUT2D eigenvalue weighted by atomic mass is 9.98. The number of hydrogen-bond donors (Lipinski definition) is 4. The van der Waals surface area contributed by atoms with Gasteiger partial charge < -0.3 is 20.7 Å². The molecule has 1 aliphatic heterocycles. The lowest BCUT2D eigenvalue weighted by molar-refractivity contribution is -0.148. The van der Waals surface area contributed by atoms with Crippen molar-refractivity contribution in [3.05, 3.63) is 45.1 Å². The number of aromatic nitrogens is 2. The largest absolute Gasteiger partial charge is 0.389 e. The quantitative estimate of drug-likeness (QED) is 0.528. The molecule has 2 heterocycles. The van der Waals surface area contributed by atoms with E-state index in [-0.39, 0.29) is 25.6 Å². The second kappa shape index (κ2) is 6.81. The van der Waals surface area contributed by atoms with Gasteiger partial charge in [-0.1, -0.05) is 12.1 Å². The van der Waals surface area contributed by atoms with Gasteiger partial charge in [0.05, 0.1) is 36.2 Å². The number of rotatable bonds is 2. The van der Waals surface area contributed by atoms with E-state index in [2.05, 4.69) is 4.98 Å². The van der Waals surface area contributed by atoms with Crippen LogP contribution in [0.2, 0.25) is 0 Å². The van der Waals surface area contributed by atoms with Gasteiger partial charge in [-0.25, -0.2) is 4.79 Å². The van der Waals surface area contributed by atoms with Crippen LogP contribution in [0.1, 0.15) is 0 Å². The number of halogens is 1. The van der Waals surface area contributed by atoms with Gasteiger partial charge in [-0.15, -0.1) is 12.4 Å².